The van der Waals surface area contributed by atoms with Crippen LogP contribution in [0.2, 0.25) is 18.1 Å². The van der Waals surface area contributed by atoms with E-state index in [2.05, 4.69) is 55.3 Å². The van der Waals surface area contributed by atoms with Gasteiger partial charge in [-0.25, -0.2) is 9.97 Å². The Labute approximate surface area is 154 Å². The average molecular weight is 358 g/mol. The molecule has 1 fully saturated rings. The fourth-order valence-corrected chi connectivity index (χ4v) is 2.94. The van der Waals surface area contributed by atoms with Gasteiger partial charge < -0.3 is 9.31 Å². The van der Waals surface area contributed by atoms with E-state index in [1.807, 2.05) is 34.6 Å². The monoisotopic (exact) mass is 358 g/mol. The number of rotatable bonds is 1. The molecular formula is C19H31BN2O2Si. The van der Waals surface area contributed by atoms with Crippen LogP contribution in [0.3, 0.4) is 0 Å². The van der Waals surface area contributed by atoms with Crippen LogP contribution in [0, 0.1) is 18.4 Å². The van der Waals surface area contributed by atoms with Gasteiger partial charge in [-0.3, -0.25) is 0 Å². The minimum atomic E-state index is -1.67. The molecule has 0 amide bonds. The summed E-state index contributed by atoms with van der Waals surface area (Å²) in [6.45, 7) is 21.5. The Morgan fingerprint density at radius 3 is 2.04 bits per heavy atom. The molecule has 0 spiro atoms. The van der Waals surface area contributed by atoms with Gasteiger partial charge >= 0.3 is 7.12 Å². The van der Waals surface area contributed by atoms with E-state index in [1.165, 1.54) is 0 Å². The lowest BCUT2D eigenvalue weighted by atomic mass is 9.79. The lowest BCUT2D eigenvalue weighted by Gasteiger charge is -2.32. The minimum absolute atomic E-state index is 0.220. The summed E-state index contributed by atoms with van der Waals surface area (Å²) in [5.41, 5.74) is 4.45. The zero-order valence-electron chi connectivity index (χ0n) is 17.4. The minimum Gasteiger partial charge on any atom is -0.399 e. The Kier molecular flexibility index (Phi) is 5.02. The molecule has 1 aliphatic rings. The van der Waals surface area contributed by atoms with Crippen LogP contribution in [-0.4, -0.2) is 36.4 Å². The average Bonchev–Trinajstić information content (AvgIpc) is 2.64. The maximum absolute atomic E-state index is 6.10. The fraction of sp³-hybridized carbons (Fsp3) is 0.684. The van der Waals surface area contributed by atoms with Crippen molar-refractivity contribution in [1.29, 1.82) is 0 Å². The predicted octanol–water partition coefficient (Wildman–Crippen LogP) is 3.48. The first-order valence-electron chi connectivity index (χ1n) is 8.89. The number of aryl methyl sites for hydroxylation is 1. The van der Waals surface area contributed by atoms with Gasteiger partial charge in [-0.1, -0.05) is 33.9 Å². The van der Waals surface area contributed by atoms with Crippen LogP contribution in [0.15, 0.2) is 6.20 Å². The van der Waals surface area contributed by atoms with Crippen LogP contribution in [0.1, 0.15) is 60.0 Å². The predicted molar refractivity (Wildman–Crippen MR) is 107 cm³/mol. The van der Waals surface area contributed by atoms with E-state index in [0.29, 0.717) is 5.82 Å². The van der Waals surface area contributed by atoms with Crippen molar-refractivity contribution in [3.05, 3.63) is 17.7 Å². The molecule has 0 unspecified atom stereocenters. The summed E-state index contributed by atoms with van der Waals surface area (Å²) in [6, 6.07) is 0. The van der Waals surface area contributed by atoms with Gasteiger partial charge in [0.05, 0.1) is 11.2 Å². The van der Waals surface area contributed by atoms with E-state index in [9.17, 15) is 0 Å². The van der Waals surface area contributed by atoms with E-state index in [4.69, 9.17) is 9.31 Å². The maximum Gasteiger partial charge on any atom is 0.498 e. The van der Waals surface area contributed by atoms with Crippen molar-refractivity contribution in [2.75, 3.05) is 0 Å². The topological polar surface area (TPSA) is 44.2 Å². The van der Waals surface area contributed by atoms with E-state index in [-0.39, 0.29) is 16.2 Å². The van der Waals surface area contributed by atoms with Crippen molar-refractivity contribution < 1.29 is 9.31 Å². The molecule has 0 saturated carbocycles. The molecule has 1 aromatic heterocycles. The van der Waals surface area contributed by atoms with Crippen molar-refractivity contribution in [2.24, 2.45) is 0 Å². The molecular weight excluding hydrogens is 327 g/mol. The SMILES string of the molecule is Cc1nc(C#C[Si](C)(C)C(C)(C)C)ncc1B1OC(C)(C)C(C)(C)O1. The largest absolute Gasteiger partial charge is 0.498 e. The van der Waals surface area contributed by atoms with Gasteiger partial charge in [-0.05, 0) is 45.6 Å². The molecule has 136 valence electrons. The third-order valence-corrected chi connectivity index (χ3v) is 10.4. The van der Waals surface area contributed by atoms with Gasteiger partial charge in [0.2, 0.25) is 5.82 Å². The number of aromatic nitrogens is 2. The standard InChI is InChI=1S/C19H31BN2O2Si/c1-14-15(20-23-18(5,6)19(7,8)24-20)13-21-16(22-14)11-12-25(9,10)17(2,3)4/h13H,1-10H3. The van der Waals surface area contributed by atoms with Crippen LogP contribution in [0.25, 0.3) is 0 Å². The first kappa shape index (κ1) is 20.2. The van der Waals surface area contributed by atoms with Gasteiger partial charge in [-0.15, -0.1) is 5.54 Å². The summed E-state index contributed by atoms with van der Waals surface area (Å²) in [7, 11) is -2.11. The maximum atomic E-state index is 6.10. The van der Waals surface area contributed by atoms with E-state index >= 15 is 0 Å². The summed E-state index contributed by atoms with van der Waals surface area (Å²) in [5.74, 6) is 3.76. The first-order valence-corrected chi connectivity index (χ1v) is 11.9. The molecule has 2 heterocycles. The van der Waals surface area contributed by atoms with Crippen molar-refractivity contribution in [3.8, 4) is 11.5 Å². The summed E-state index contributed by atoms with van der Waals surface area (Å²) in [6.07, 6.45) is 1.79. The summed E-state index contributed by atoms with van der Waals surface area (Å²) < 4.78 is 12.2. The zero-order chi connectivity index (χ0) is 19.3. The van der Waals surface area contributed by atoms with Gasteiger partial charge in [0.1, 0.15) is 8.07 Å². The highest BCUT2D eigenvalue weighted by atomic mass is 28.3. The molecule has 0 bridgehead atoms. The number of nitrogens with zero attached hydrogens (tertiary/aromatic N) is 2. The Morgan fingerprint density at radius 2 is 1.60 bits per heavy atom. The van der Waals surface area contributed by atoms with Crippen LogP contribution < -0.4 is 5.46 Å². The second kappa shape index (κ2) is 6.22. The van der Waals surface area contributed by atoms with Crippen molar-refractivity contribution >= 4 is 20.7 Å². The summed E-state index contributed by atoms with van der Waals surface area (Å²) in [5, 5.41) is 0.220. The van der Waals surface area contributed by atoms with E-state index < -0.39 is 15.2 Å². The van der Waals surface area contributed by atoms with Gasteiger partial charge in [0.25, 0.3) is 0 Å². The Balaban J connectivity index is 2.27. The second-order valence-electron chi connectivity index (χ2n) is 9.45. The smallest absolute Gasteiger partial charge is 0.399 e. The molecule has 4 nitrogen and oxygen atoms in total. The molecule has 1 aromatic rings. The van der Waals surface area contributed by atoms with Crippen LogP contribution in [0.5, 0.6) is 0 Å². The lowest BCUT2D eigenvalue weighted by Crippen LogP contribution is -2.41. The fourth-order valence-electron chi connectivity index (χ4n) is 2.14. The molecule has 0 aliphatic carbocycles. The quantitative estimate of drug-likeness (QED) is 0.569. The second-order valence-corrected chi connectivity index (χ2v) is 14.4. The number of hydrogen-bond acceptors (Lipinski definition) is 4. The molecule has 0 radical (unpaired) electrons. The molecule has 0 atom stereocenters. The highest BCUT2D eigenvalue weighted by Gasteiger charge is 2.52. The van der Waals surface area contributed by atoms with Crippen molar-refractivity contribution in [1.82, 2.24) is 9.97 Å². The normalized spacial score (nSPS) is 19.5. The van der Waals surface area contributed by atoms with Crippen LogP contribution >= 0.6 is 0 Å². The van der Waals surface area contributed by atoms with Gasteiger partial charge in [0, 0.05) is 17.4 Å². The number of hydrogen-bond donors (Lipinski definition) is 0. The summed E-state index contributed by atoms with van der Waals surface area (Å²) in [4.78, 5) is 9.02. The van der Waals surface area contributed by atoms with Crippen LogP contribution in [0.4, 0.5) is 0 Å². The third-order valence-electron chi connectivity index (χ3n) is 5.89. The summed E-state index contributed by atoms with van der Waals surface area (Å²) >= 11 is 0. The first-order chi connectivity index (χ1) is 11.2. The Hall–Kier alpha value is -1.16. The highest BCUT2D eigenvalue weighted by molar-refractivity contribution is 6.87. The Morgan fingerprint density at radius 1 is 1.08 bits per heavy atom. The molecule has 2 rings (SSSR count). The molecule has 0 aromatic carbocycles. The molecule has 6 heteroatoms. The van der Waals surface area contributed by atoms with Crippen molar-refractivity contribution in [2.45, 2.75) is 84.7 Å². The highest BCUT2D eigenvalue weighted by Crippen LogP contribution is 2.37. The van der Waals surface area contributed by atoms with E-state index in [1.54, 1.807) is 6.20 Å². The third kappa shape index (κ3) is 3.99. The van der Waals surface area contributed by atoms with Gasteiger partial charge in [-0.2, -0.15) is 0 Å². The molecule has 1 saturated heterocycles. The van der Waals surface area contributed by atoms with Gasteiger partial charge in [0.15, 0.2) is 0 Å². The molecule has 1 aliphatic heterocycles. The van der Waals surface area contributed by atoms with Crippen molar-refractivity contribution in [3.63, 3.8) is 0 Å². The van der Waals surface area contributed by atoms with E-state index in [0.717, 1.165) is 11.2 Å². The molecule has 0 N–H and O–H groups in total. The van der Waals surface area contributed by atoms with Crippen LogP contribution in [-0.2, 0) is 9.31 Å². The lowest BCUT2D eigenvalue weighted by molar-refractivity contribution is 0.00578. The molecule has 25 heavy (non-hydrogen) atoms. The Bertz CT molecular complexity index is 711. The zero-order valence-corrected chi connectivity index (χ0v) is 18.4.